The van der Waals surface area contributed by atoms with Crippen LogP contribution in [0.25, 0.3) is 0 Å². The largest absolute Gasteiger partial charge is 0.0611 e. The van der Waals surface area contributed by atoms with Gasteiger partial charge in [-0.15, -0.1) is 0 Å². The first kappa shape index (κ1) is 15.4. The Morgan fingerprint density at radius 1 is 0.500 bits per heavy atom. The van der Waals surface area contributed by atoms with Gasteiger partial charge in [-0.3, -0.25) is 0 Å². The minimum atomic E-state index is 1.29. The molecule has 0 saturated heterocycles. The van der Waals surface area contributed by atoms with Crippen molar-refractivity contribution in [1.82, 2.24) is 0 Å². The van der Waals surface area contributed by atoms with E-state index in [2.05, 4.69) is 127 Å². The fraction of sp³-hybridized carbons (Fsp3) is 0. The predicted molar refractivity (Wildman–Crippen MR) is 104 cm³/mol. The van der Waals surface area contributed by atoms with Crippen LogP contribution >= 0.6 is 90.4 Å². The minimum Gasteiger partial charge on any atom is -0.0611 e. The third-order valence-corrected chi connectivity index (χ3v) is 5.98. The summed E-state index contributed by atoms with van der Waals surface area (Å²) in [6, 6.07) is 16.7. The molecule has 16 heavy (non-hydrogen) atoms. The Morgan fingerprint density at radius 3 is 1.06 bits per heavy atom. The van der Waals surface area contributed by atoms with Crippen LogP contribution in [0.5, 0.6) is 0 Å². The summed E-state index contributed by atoms with van der Waals surface area (Å²) < 4.78 is 5.24. The van der Waals surface area contributed by atoms with Gasteiger partial charge in [-0.05, 0) is 127 Å². The molecule has 0 aromatic heterocycles. The highest BCUT2D eigenvalue weighted by atomic mass is 127. The molecule has 0 bridgehead atoms. The molecule has 0 saturated carbocycles. The third-order valence-electron chi connectivity index (χ3n) is 1.63. The number of benzene rings is 2. The van der Waals surface area contributed by atoms with Gasteiger partial charge in [-0.2, -0.15) is 0 Å². The van der Waals surface area contributed by atoms with Gasteiger partial charge >= 0.3 is 0 Å². The molecule has 0 amide bonds. The van der Waals surface area contributed by atoms with Crippen LogP contribution < -0.4 is 0 Å². The van der Waals surface area contributed by atoms with Crippen molar-refractivity contribution in [2.75, 3.05) is 0 Å². The fourth-order valence-electron chi connectivity index (χ4n) is 0.869. The summed E-state index contributed by atoms with van der Waals surface area (Å²) in [6.07, 6.45) is 0. The highest BCUT2D eigenvalue weighted by Gasteiger charge is 1.88. The van der Waals surface area contributed by atoms with E-state index in [1.165, 1.54) is 14.3 Å². The van der Waals surface area contributed by atoms with Gasteiger partial charge in [0.1, 0.15) is 0 Å². The molecular formula is C12H8I4. The lowest BCUT2D eigenvalue weighted by molar-refractivity contribution is 1.58. The van der Waals surface area contributed by atoms with Crippen molar-refractivity contribution in [1.29, 1.82) is 0 Å². The molecule has 0 aliphatic carbocycles. The number of hydrogen-bond acceptors (Lipinski definition) is 0. The van der Waals surface area contributed by atoms with E-state index >= 15 is 0 Å². The number of halogens is 4. The zero-order chi connectivity index (χ0) is 12.0. The van der Waals surface area contributed by atoms with E-state index in [1.54, 1.807) is 0 Å². The van der Waals surface area contributed by atoms with Crippen LogP contribution in [0.1, 0.15) is 0 Å². The molecule has 2 aromatic carbocycles. The molecule has 0 radical (unpaired) electrons. The third kappa shape index (κ3) is 6.34. The Balaban J connectivity index is 0.000000160. The minimum absolute atomic E-state index is 1.29. The molecule has 0 N–H and O–H groups in total. The first-order chi connectivity index (χ1) is 7.59. The zero-order valence-electron chi connectivity index (χ0n) is 8.13. The Kier molecular flexibility index (Phi) is 8.15. The molecule has 0 aliphatic rings. The Labute approximate surface area is 151 Å². The van der Waals surface area contributed by atoms with Crippen molar-refractivity contribution in [3.8, 4) is 0 Å². The average Bonchev–Trinajstić information content (AvgIpc) is 2.28. The van der Waals surface area contributed by atoms with E-state index < -0.39 is 0 Å². The van der Waals surface area contributed by atoms with Gasteiger partial charge < -0.3 is 0 Å². The summed E-state index contributed by atoms with van der Waals surface area (Å²) in [4.78, 5) is 0. The first-order valence-electron chi connectivity index (χ1n) is 4.40. The summed E-state index contributed by atoms with van der Waals surface area (Å²) in [5.74, 6) is 0. The number of hydrogen-bond donors (Lipinski definition) is 0. The van der Waals surface area contributed by atoms with Crippen LogP contribution in [0.3, 0.4) is 0 Å². The number of rotatable bonds is 0. The van der Waals surface area contributed by atoms with E-state index in [9.17, 15) is 0 Å². The molecule has 0 spiro atoms. The van der Waals surface area contributed by atoms with Gasteiger partial charge in [0.2, 0.25) is 0 Å². The van der Waals surface area contributed by atoms with Gasteiger partial charge in [0.25, 0.3) is 0 Å². The fourth-order valence-corrected chi connectivity index (χ4v) is 2.36. The predicted octanol–water partition coefficient (Wildman–Crippen LogP) is 5.79. The molecule has 84 valence electrons. The van der Waals surface area contributed by atoms with Crippen LogP contribution in [-0.2, 0) is 0 Å². The van der Waals surface area contributed by atoms with Gasteiger partial charge in [-0.1, -0.05) is 12.1 Å². The van der Waals surface area contributed by atoms with E-state index in [-0.39, 0.29) is 0 Å². The van der Waals surface area contributed by atoms with Crippen LogP contribution in [0.2, 0.25) is 0 Å². The molecule has 2 aromatic rings. The van der Waals surface area contributed by atoms with Crippen LogP contribution in [0.15, 0.2) is 48.5 Å². The quantitative estimate of drug-likeness (QED) is 0.315. The maximum atomic E-state index is 2.32. The highest BCUT2D eigenvalue weighted by molar-refractivity contribution is 14.1. The van der Waals surface area contributed by atoms with Gasteiger partial charge in [0.05, 0.1) is 0 Å². The average molecular weight is 660 g/mol. The van der Waals surface area contributed by atoms with Crippen molar-refractivity contribution in [3.05, 3.63) is 62.8 Å². The van der Waals surface area contributed by atoms with Gasteiger partial charge in [-0.25, -0.2) is 0 Å². The summed E-state index contributed by atoms with van der Waals surface area (Å²) in [7, 11) is 0. The van der Waals surface area contributed by atoms with Crippen molar-refractivity contribution in [2.24, 2.45) is 0 Å². The summed E-state index contributed by atoms with van der Waals surface area (Å²) in [5.41, 5.74) is 0. The Hall–Kier alpha value is 1.36. The molecule has 0 nitrogen and oxygen atoms in total. The summed E-state index contributed by atoms with van der Waals surface area (Å²) in [6.45, 7) is 0. The molecule has 0 atom stereocenters. The van der Waals surface area contributed by atoms with Gasteiger partial charge in [0, 0.05) is 14.3 Å². The second-order valence-electron chi connectivity index (χ2n) is 2.85. The zero-order valence-corrected chi connectivity index (χ0v) is 16.8. The molecule has 0 fully saturated rings. The Bertz CT molecular complexity index is 395. The first-order valence-corrected chi connectivity index (χ1v) is 8.72. The molecular weight excluding hydrogens is 652 g/mol. The van der Waals surface area contributed by atoms with Crippen molar-refractivity contribution in [3.63, 3.8) is 0 Å². The van der Waals surface area contributed by atoms with Crippen molar-refractivity contribution < 1.29 is 0 Å². The highest BCUT2D eigenvalue weighted by Crippen LogP contribution is 2.12. The van der Waals surface area contributed by atoms with E-state index in [0.717, 1.165) is 0 Å². The standard InChI is InChI=1S/2C6H4I2/c7-5-1-2-6(8)4-3-5;7-5-3-1-2-4-6(5)8/h2*1-4H. The van der Waals surface area contributed by atoms with E-state index in [1.807, 2.05) is 12.1 Å². The normalized spacial score (nSPS) is 9.25. The van der Waals surface area contributed by atoms with E-state index in [0.29, 0.717) is 0 Å². The maximum absolute atomic E-state index is 2.32. The SMILES string of the molecule is Ic1ccc(I)cc1.Ic1ccccc1I. The molecule has 0 unspecified atom stereocenters. The maximum Gasteiger partial charge on any atom is 0.0263 e. The molecule has 4 heteroatoms. The smallest absolute Gasteiger partial charge is 0.0263 e. The topological polar surface area (TPSA) is 0 Å². The molecule has 0 heterocycles. The van der Waals surface area contributed by atoms with Crippen LogP contribution in [0.4, 0.5) is 0 Å². The summed E-state index contributed by atoms with van der Waals surface area (Å²) in [5, 5.41) is 0. The van der Waals surface area contributed by atoms with Crippen LogP contribution in [0, 0.1) is 14.3 Å². The Morgan fingerprint density at radius 2 is 0.812 bits per heavy atom. The van der Waals surface area contributed by atoms with Crippen molar-refractivity contribution >= 4 is 90.4 Å². The second-order valence-corrected chi connectivity index (χ2v) is 7.67. The summed E-state index contributed by atoms with van der Waals surface area (Å²) >= 11 is 9.22. The van der Waals surface area contributed by atoms with Crippen molar-refractivity contribution in [2.45, 2.75) is 0 Å². The van der Waals surface area contributed by atoms with Crippen LogP contribution in [-0.4, -0.2) is 0 Å². The lowest BCUT2D eigenvalue weighted by Crippen LogP contribution is -1.73. The van der Waals surface area contributed by atoms with Gasteiger partial charge in [0.15, 0.2) is 0 Å². The lowest BCUT2D eigenvalue weighted by Gasteiger charge is -1.89. The molecule has 0 aliphatic heterocycles. The monoisotopic (exact) mass is 660 g/mol. The second kappa shape index (κ2) is 8.46. The van der Waals surface area contributed by atoms with E-state index in [4.69, 9.17) is 0 Å². The lowest BCUT2D eigenvalue weighted by atomic mass is 10.4. The molecule has 2 rings (SSSR count).